The molecule has 0 saturated heterocycles. The van der Waals surface area contributed by atoms with Crippen molar-refractivity contribution in [3.8, 4) is 6.07 Å². The van der Waals surface area contributed by atoms with E-state index in [2.05, 4.69) is 10.4 Å². The van der Waals surface area contributed by atoms with Gasteiger partial charge in [0, 0.05) is 7.05 Å². The van der Waals surface area contributed by atoms with Crippen molar-refractivity contribution < 1.29 is 4.39 Å². The summed E-state index contributed by atoms with van der Waals surface area (Å²) in [6.07, 6.45) is 0. The molecule has 0 spiro atoms. The summed E-state index contributed by atoms with van der Waals surface area (Å²) < 4.78 is 14.7. The Kier molecular flexibility index (Phi) is 3.72. The zero-order chi connectivity index (χ0) is 14.0. The molecule has 1 aromatic heterocycles. The van der Waals surface area contributed by atoms with Gasteiger partial charge in [-0.05, 0) is 25.1 Å². The minimum atomic E-state index is -0.434. The van der Waals surface area contributed by atoms with Crippen molar-refractivity contribution in [3.63, 3.8) is 0 Å². The van der Waals surface area contributed by atoms with Gasteiger partial charge in [-0.1, -0.05) is 11.6 Å². The molecule has 0 aliphatic carbocycles. The summed E-state index contributed by atoms with van der Waals surface area (Å²) in [5.41, 5.74) is 2.39. The van der Waals surface area contributed by atoms with Crippen LogP contribution in [-0.4, -0.2) is 9.78 Å². The van der Waals surface area contributed by atoms with Gasteiger partial charge in [-0.2, -0.15) is 10.4 Å². The molecule has 19 heavy (non-hydrogen) atoms. The van der Waals surface area contributed by atoms with E-state index in [1.807, 2.05) is 13.0 Å². The number of nitrogens with one attached hydrogen (secondary N) is 1. The molecule has 1 N–H and O–H groups in total. The predicted molar refractivity (Wildman–Crippen MR) is 71.4 cm³/mol. The van der Waals surface area contributed by atoms with E-state index in [1.165, 1.54) is 18.2 Å². The lowest BCUT2D eigenvalue weighted by molar-refractivity contribution is 0.627. The van der Waals surface area contributed by atoms with Gasteiger partial charge in [-0.3, -0.25) is 4.68 Å². The number of hydrogen-bond donors (Lipinski definition) is 1. The monoisotopic (exact) mass is 278 g/mol. The van der Waals surface area contributed by atoms with Crippen LogP contribution in [0.25, 0.3) is 0 Å². The van der Waals surface area contributed by atoms with E-state index in [1.54, 1.807) is 11.7 Å². The summed E-state index contributed by atoms with van der Waals surface area (Å²) in [5.74, 6) is -0.434. The van der Waals surface area contributed by atoms with Crippen LogP contribution < -0.4 is 5.32 Å². The van der Waals surface area contributed by atoms with Gasteiger partial charge >= 0.3 is 0 Å². The number of aryl methyl sites for hydroxylation is 2. The highest BCUT2D eigenvalue weighted by Gasteiger charge is 2.11. The summed E-state index contributed by atoms with van der Waals surface area (Å²) >= 11 is 6.13. The molecular formula is C13H12ClFN4. The minimum Gasteiger partial charge on any atom is -0.378 e. The Labute approximate surface area is 115 Å². The number of nitrogens with zero attached hydrogens (tertiary/aromatic N) is 3. The molecule has 0 saturated carbocycles. The number of nitriles is 1. The lowest BCUT2D eigenvalue weighted by Gasteiger charge is -2.09. The molecular weight excluding hydrogens is 267 g/mol. The Hall–Kier alpha value is -2.06. The van der Waals surface area contributed by atoms with Crippen molar-refractivity contribution in [2.45, 2.75) is 13.5 Å². The zero-order valence-electron chi connectivity index (χ0n) is 10.5. The lowest BCUT2D eigenvalue weighted by atomic mass is 10.2. The molecule has 2 rings (SSSR count). The lowest BCUT2D eigenvalue weighted by Crippen LogP contribution is -2.07. The number of benzene rings is 1. The van der Waals surface area contributed by atoms with Crippen LogP contribution in [0.15, 0.2) is 18.2 Å². The van der Waals surface area contributed by atoms with E-state index in [4.69, 9.17) is 16.9 Å². The molecule has 0 aliphatic rings. The van der Waals surface area contributed by atoms with Gasteiger partial charge in [0.15, 0.2) is 0 Å². The highest BCUT2D eigenvalue weighted by Crippen LogP contribution is 2.22. The molecule has 2 aromatic rings. The van der Waals surface area contributed by atoms with Crippen molar-refractivity contribution in [1.82, 2.24) is 9.78 Å². The second-order valence-corrected chi connectivity index (χ2v) is 4.50. The summed E-state index contributed by atoms with van der Waals surface area (Å²) in [7, 11) is 1.80. The number of aromatic nitrogens is 2. The summed E-state index contributed by atoms with van der Waals surface area (Å²) in [4.78, 5) is 0. The minimum absolute atomic E-state index is 0.259. The van der Waals surface area contributed by atoms with Crippen LogP contribution in [-0.2, 0) is 13.6 Å². The first-order valence-electron chi connectivity index (χ1n) is 5.64. The van der Waals surface area contributed by atoms with Crippen LogP contribution in [0.4, 0.5) is 10.1 Å². The summed E-state index contributed by atoms with van der Waals surface area (Å²) in [6.45, 7) is 2.24. The van der Waals surface area contributed by atoms with Gasteiger partial charge in [0.05, 0.1) is 34.2 Å². The van der Waals surface area contributed by atoms with Crippen LogP contribution in [0.3, 0.4) is 0 Å². The first-order chi connectivity index (χ1) is 9.02. The van der Waals surface area contributed by atoms with Crippen molar-refractivity contribution in [2.24, 2.45) is 7.05 Å². The Morgan fingerprint density at radius 1 is 1.53 bits per heavy atom. The van der Waals surface area contributed by atoms with Gasteiger partial charge < -0.3 is 5.32 Å². The third-order valence-corrected chi connectivity index (χ3v) is 3.30. The first-order valence-corrected chi connectivity index (χ1v) is 6.02. The predicted octanol–water partition coefficient (Wildman–Crippen LogP) is 3.00. The van der Waals surface area contributed by atoms with Gasteiger partial charge in [-0.15, -0.1) is 0 Å². The van der Waals surface area contributed by atoms with Crippen molar-refractivity contribution >= 4 is 17.3 Å². The van der Waals surface area contributed by atoms with Crippen molar-refractivity contribution in [2.75, 3.05) is 5.32 Å². The number of hydrogen-bond acceptors (Lipinski definition) is 3. The van der Waals surface area contributed by atoms with E-state index in [9.17, 15) is 4.39 Å². The molecule has 6 heteroatoms. The van der Waals surface area contributed by atoms with Crippen LogP contribution in [0.5, 0.6) is 0 Å². The topological polar surface area (TPSA) is 53.6 Å². The first kappa shape index (κ1) is 13.4. The average molecular weight is 279 g/mol. The van der Waals surface area contributed by atoms with Gasteiger partial charge in [-0.25, -0.2) is 4.39 Å². The highest BCUT2D eigenvalue weighted by molar-refractivity contribution is 6.31. The molecule has 1 aromatic carbocycles. The molecule has 0 fully saturated rings. The Balaban J connectivity index is 2.22. The Morgan fingerprint density at radius 3 is 2.84 bits per heavy atom. The smallest absolute Gasteiger partial charge is 0.124 e. The molecule has 0 radical (unpaired) electrons. The second-order valence-electron chi connectivity index (χ2n) is 4.12. The van der Waals surface area contributed by atoms with E-state index in [-0.39, 0.29) is 5.56 Å². The fourth-order valence-corrected chi connectivity index (χ4v) is 2.04. The van der Waals surface area contributed by atoms with Gasteiger partial charge in [0.1, 0.15) is 11.9 Å². The quantitative estimate of drug-likeness (QED) is 0.939. The third kappa shape index (κ3) is 2.69. The molecule has 0 amide bonds. The number of anilines is 1. The Bertz CT molecular complexity index is 657. The maximum atomic E-state index is 13.0. The van der Waals surface area contributed by atoms with E-state index in [0.717, 1.165) is 11.4 Å². The Morgan fingerprint density at radius 2 is 2.26 bits per heavy atom. The molecule has 4 nitrogen and oxygen atoms in total. The highest BCUT2D eigenvalue weighted by atomic mass is 35.5. The van der Waals surface area contributed by atoms with E-state index >= 15 is 0 Å². The van der Waals surface area contributed by atoms with Crippen LogP contribution >= 0.6 is 11.6 Å². The molecule has 0 aliphatic heterocycles. The molecule has 0 atom stereocenters. The summed E-state index contributed by atoms with van der Waals surface area (Å²) in [5, 5.41) is 16.8. The maximum Gasteiger partial charge on any atom is 0.124 e. The van der Waals surface area contributed by atoms with Crippen molar-refractivity contribution in [1.29, 1.82) is 5.26 Å². The molecule has 98 valence electrons. The van der Waals surface area contributed by atoms with Crippen LogP contribution in [0.2, 0.25) is 5.02 Å². The fraction of sp³-hybridized carbons (Fsp3) is 0.231. The van der Waals surface area contributed by atoms with E-state index < -0.39 is 5.82 Å². The number of rotatable bonds is 3. The summed E-state index contributed by atoms with van der Waals surface area (Å²) in [6, 6.07) is 5.98. The largest absolute Gasteiger partial charge is 0.378 e. The second kappa shape index (κ2) is 5.29. The number of halogens is 2. The molecule has 0 unspecified atom stereocenters. The van der Waals surface area contributed by atoms with Crippen LogP contribution in [0.1, 0.15) is 17.0 Å². The van der Waals surface area contributed by atoms with E-state index in [0.29, 0.717) is 17.3 Å². The SMILES string of the molecule is Cc1nn(C)c(CNc2ccc(F)cc2C#N)c1Cl. The van der Waals surface area contributed by atoms with Crippen molar-refractivity contribution in [3.05, 3.63) is 46.0 Å². The van der Waals surface area contributed by atoms with Gasteiger partial charge in [0.25, 0.3) is 0 Å². The normalized spacial score (nSPS) is 10.3. The van der Waals surface area contributed by atoms with Crippen LogP contribution in [0, 0.1) is 24.1 Å². The van der Waals surface area contributed by atoms with Gasteiger partial charge in [0.2, 0.25) is 0 Å². The molecule has 0 bridgehead atoms. The third-order valence-electron chi connectivity index (χ3n) is 2.81. The zero-order valence-corrected chi connectivity index (χ0v) is 11.3. The fourth-order valence-electron chi connectivity index (χ4n) is 1.81. The average Bonchev–Trinajstić information content (AvgIpc) is 2.62. The standard InChI is InChI=1S/C13H12ClFN4/c1-8-13(14)12(19(2)18-8)7-17-11-4-3-10(15)5-9(11)6-16/h3-5,17H,7H2,1-2H3. The molecule has 1 heterocycles. The maximum absolute atomic E-state index is 13.0.